The summed E-state index contributed by atoms with van der Waals surface area (Å²) in [5.74, 6) is 6.50. The number of aliphatic hydroxyl groups excluding tert-OH is 1. The second-order valence-electron chi connectivity index (χ2n) is 5.35. The quantitative estimate of drug-likeness (QED) is 0.760. The van der Waals surface area contributed by atoms with E-state index in [-0.39, 0.29) is 6.10 Å². The van der Waals surface area contributed by atoms with Gasteiger partial charge in [-0.25, -0.2) is 0 Å². The van der Waals surface area contributed by atoms with Crippen LogP contribution in [-0.4, -0.2) is 34.7 Å². The van der Waals surface area contributed by atoms with Crippen LogP contribution in [0.3, 0.4) is 0 Å². The van der Waals surface area contributed by atoms with E-state index >= 15 is 0 Å². The van der Waals surface area contributed by atoms with Crippen molar-refractivity contribution in [1.82, 2.24) is 4.90 Å². The summed E-state index contributed by atoms with van der Waals surface area (Å²) in [6.45, 7) is 0.844. The Kier molecular flexibility index (Phi) is 3.36. The van der Waals surface area contributed by atoms with E-state index in [0.717, 1.165) is 24.9 Å². The lowest BCUT2D eigenvalue weighted by atomic mass is 10.00. The molecule has 2 unspecified atom stereocenters. The monoisotopic (exact) mass is 241 g/mol. The van der Waals surface area contributed by atoms with Gasteiger partial charge in [0.05, 0.1) is 12.6 Å². The molecule has 0 radical (unpaired) electrons. The largest absolute Gasteiger partial charge is 0.393 e. The summed E-state index contributed by atoms with van der Waals surface area (Å²) >= 11 is 0. The standard InChI is InChI=1S/C16H19NO/c18-16-11-14-8-9-15(12-16)17(14)10-4-7-13-5-2-1-3-6-13/h1-3,5-6,14-16,18H,8-12H2. The van der Waals surface area contributed by atoms with Gasteiger partial charge < -0.3 is 5.11 Å². The molecular weight excluding hydrogens is 222 g/mol. The van der Waals surface area contributed by atoms with Crippen LogP contribution in [0.2, 0.25) is 0 Å². The number of fused-ring (bicyclic) bond motifs is 2. The molecule has 0 aromatic heterocycles. The lowest BCUT2D eigenvalue weighted by Crippen LogP contribution is -2.44. The molecule has 2 aliphatic heterocycles. The summed E-state index contributed by atoms with van der Waals surface area (Å²) in [5, 5.41) is 9.75. The number of hydrogen-bond donors (Lipinski definition) is 1. The molecule has 0 amide bonds. The summed E-state index contributed by atoms with van der Waals surface area (Å²) in [4.78, 5) is 2.49. The Morgan fingerprint density at radius 3 is 2.44 bits per heavy atom. The van der Waals surface area contributed by atoms with E-state index in [1.54, 1.807) is 0 Å². The van der Waals surface area contributed by atoms with Gasteiger partial charge in [0.15, 0.2) is 0 Å². The first-order chi connectivity index (χ1) is 8.83. The lowest BCUT2D eigenvalue weighted by Gasteiger charge is -2.35. The first-order valence-corrected chi connectivity index (χ1v) is 6.80. The average Bonchev–Trinajstić information content (AvgIpc) is 2.63. The number of benzene rings is 1. The molecule has 1 aromatic carbocycles. The Hall–Kier alpha value is -1.30. The van der Waals surface area contributed by atoms with Gasteiger partial charge in [0.25, 0.3) is 0 Å². The van der Waals surface area contributed by atoms with Gasteiger partial charge in [-0.3, -0.25) is 4.90 Å². The van der Waals surface area contributed by atoms with Gasteiger partial charge in [-0.15, -0.1) is 0 Å². The van der Waals surface area contributed by atoms with Crippen LogP contribution in [0.15, 0.2) is 30.3 Å². The zero-order valence-electron chi connectivity index (χ0n) is 10.5. The number of hydrogen-bond acceptors (Lipinski definition) is 2. The third-order valence-corrected chi connectivity index (χ3v) is 4.13. The van der Waals surface area contributed by atoms with Crippen molar-refractivity contribution in [3.63, 3.8) is 0 Å². The van der Waals surface area contributed by atoms with E-state index in [0.29, 0.717) is 12.1 Å². The van der Waals surface area contributed by atoms with Crippen LogP contribution in [0.4, 0.5) is 0 Å². The third-order valence-electron chi connectivity index (χ3n) is 4.13. The zero-order chi connectivity index (χ0) is 12.4. The molecular formula is C16H19NO. The predicted molar refractivity (Wildman–Crippen MR) is 72.1 cm³/mol. The van der Waals surface area contributed by atoms with E-state index in [4.69, 9.17) is 0 Å². The van der Waals surface area contributed by atoms with E-state index in [2.05, 4.69) is 16.7 Å². The van der Waals surface area contributed by atoms with Crippen LogP contribution in [0, 0.1) is 11.8 Å². The summed E-state index contributed by atoms with van der Waals surface area (Å²) in [7, 11) is 0. The van der Waals surface area contributed by atoms with Crippen molar-refractivity contribution in [3.05, 3.63) is 35.9 Å². The number of piperidine rings is 1. The maximum Gasteiger partial charge on any atom is 0.0610 e. The van der Waals surface area contributed by atoms with E-state index < -0.39 is 0 Å². The number of rotatable bonds is 1. The van der Waals surface area contributed by atoms with Crippen LogP contribution in [0.1, 0.15) is 31.2 Å². The van der Waals surface area contributed by atoms with Crippen LogP contribution >= 0.6 is 0 Å². The molecule has 2 aliphatic rings. The van der Waals surface area contributed by atoms with Gasteiger partial charge >= 0.3 is 0 Å². The minimum atomic E-state index is -0.0826. The van der Waals surface area contributed by atoms with Gasteiger partial charge in [-0.05, 0) is 37.8 Å². The highest BCUT2D eigenvalue weighted by Crippen LogP contribution is 2.35. The Balaban J connectivity index is 1.63. The fraction of sp³-hybridized carbons (Fsp3) is 0.500. The third kappa shape index (κ3) is 2.43. The smallest absolute Gasteiger partial charge is 0.0610 e. The van der Waals surface area contributed by atoms with Crippen molar-refractivity contribution < 1.29 is 5.11 Å². The van der Waals surface area contributed by atoms with Crippen molar-refractivity contribution >= 4 is 0 Å². The fourth-order valence-corrected chi connectivity index (χ4v) is 3.26. The van der Waals surface area contributed by atoms with Crippen LogP contribution < -0.4 is 0 Å². The predicted octanol–water partition coefficient (Wildman–Crippen LogP) is 2.03. The minimum Gasteiger partial charge on any atom is -0.393 e. The van der Waals surface area contributed by atoms with Gasteiger partial charge in [0.1, 0.15) is 0 Å². The van der Waals surface area contributed by atoms with E-state index in [9.17, 15) is 5.11 Å². The molecule has 0 saturated carbocycles. The van der Waals surface area contributed by atoms with Crippen molar-refractivity contribution in [2.75, 3.05) is 6.54 Å². The van der Waals surface area contributed by atoms with Gasteiger partial charge in [-0.1, -0.05) is 30.0 Å². The molecule has 3 rings (SSSR count). The van der Waals surface area contributed by atoms with Crippen molar-refractivity contribution in [3.8, 4) is 11.8 Å². The molecule has 94 valence electrons. The molecule has 2 heteroatoms. The van der Waals surface area contributed by atoms with E-state index in [1.807, 2.05) is 30.3 Å². The first kappa shape index (κ1) is 11.8. The second kappa shape index (κ2) is 5.14. The molecule has 2 saturated heterocycles. The highest BCUT2D eigenvalue weighted by Gasteiger charge is 2.39. The minimum absolute atomic E-state index is 0.0826. The molecule has 1 aromatic rings. The molecule has 1 N–H and O–H groups in total. The Morgan fingerprint density at radius 1 is 1.11 bits per heavy atom. The summed E-state index contributed by atoms with van der Waals surface area (Å²) in [5.41, 5.74) is 1.09. The topological polar surface area (TPSA) is 23.5 Å². The van der Waals surface area contributed by atoms with Gasteiger partial charge in [-0.2, -0.15) is 0 Å². The van der Waals surface area contributed by atoms with E-state index in [1.165, 1.54) is 12.8 Å². The normalized spacial score (nSPS) is 30.8. The maximum absolute atomic E-state index is 9.75. The Morgan fingerprint density at radius 2 is 1.78 bits per heavy atom. The number of aliphatic hydroxyl groups is 1. The molecule has 0 aliphatic carbocycles. The SMILES string of the molecule is OC1CC2CCC(C1)N2CC#Cc1ccccc1. The van der Waals surface area contributed by atoms with Crippen LogP contribution in [0.5, 0.6) is 0 Å². The van der Waals surface area contributed by atoms with Crippen molar-refractivity contribution in [1.29, 1.82) is 0 Å². The molecule has 2 bridgehead atoms. The zero-order valence-corrected chi connectivity index (χ0v) is 10.5. The Bertz CT molecular complexity index is 445. The molecule has 18 heavy (non-hydrogen) atoms. The highest BCUT2D eigenvalue weighted by atomic mass is 16.3. The van der Waals surface area contributed by atoms with Gasteiger partial charge in [0, 0.05) is 17.6 Å². The summed E-state index contributed by atoms with van der Waals surface area (Å²) in [6.07, 6.45) is 4.25. The highest BCUT2D eigenvalue weighted by molar-refractivity contribution is 5.33. The lowest BCUT2D eigenvalue weighted by molar-refractivity contribution is 0.0432. The molecule has 2 fully saturated rings. The molecule has 2 atom stereocenters. The average molecular weight is 241 g/mol. The molecule has 2 heterocycles. The first-order valence-electron chi connectivity index (χ1n) is 6.80. The summed E-state index contributed by atoms with van der Waals surface area (Å²) < 4.78 is 0. The van der Waals surface area contributed by atoms with Crippen molar-refractivity contribution in [2.24, 2.45) is 0 Å². The maximum atomic E-state index is 9.75. The van der Waals surface area contributed by atoms with Crippen LogP contribution in [-0.2, 0) is 0 Å². The van der Waals surface area contributed by atoms with Crippen molar-refractivity contribution in [2.45, 2.75) is 43.9 Å². The van der Waals surface area contributed by atoms with Crippen LogP contribution in [0.25, 0.3) is 0 Å². The Labute approximate surface area is 109 Å². The second-order valence-corrected chi connectivity index (χ2v) is 5.35. The molecule has 2 nitrogen and oxygen atoms in total. The number of nitrogens with zero attached hydrogens (tertiary/aromatic N) is 1. The fourth-order valence-electron chi connectivity index (χ4n) is 3.26. The summed E-state index contributed by atoms with van der Waals surface area (Å²) in [6, 6.07) is 11.3. The van der Waals surface area contributed by atoms with Gasteiger partial charge in [0.2, 0.25) is 0 Å². The molecule has 0 spiro atoms.